The third kappa shape index (κ3) is 3.09. The minimum Gasteiger partial charge on any atom is -0.321 e. The first-order valence-electron chi connectivity index (χ1n) is 6.81. The van der Waals surface area contributed by atoms with E-state index >= 15 is 0 Å². The molecule has 0 saturated heterocycles. The first kappa shape index (κ1) is 14.5. The Balaban J connectivity index is 1.78. The number of carbonyl (C=O) groups is 1. The number of nitrogens with zero attached hydrogens (tertiary/aromatic N) is 2. The minimum absolute atomic E-state index is 0.143. The summed E-state index contributed by atoms with van der Waals surface area (Å²) < 4.78 is 2.64. The lowest BCUT2D eigenvalue weighted by molar-refractivity contribution is 0.102. The molecule has 110 valence electrons. The Morgan fingerprint density at radius 2 is 1.86 bits per heavy atom. The molecule has 1 N–H and O–H groups in total. The number of aryl methyl sites for hydroxylation is 1. The van der Waals surface area contributed by atoms with Crippen LogP contribution in [0, 0.1) is 6.92 Å². The molecular weight excluding hydrogens is 342 g/mol. The Kier molecular flexibility index (Phi) is 4.06. The molecule has 0 aliphatic heterocycles. The number of aromatic nitrogens is 2. The normalized spacial score (nSPS) is 10.5. The Labute approximate surface area is 136 Å². The zero-order valence-electron chi connectivity index (χ0n) is 12.0. The summed E-state index contributed by atoms with van der Waals surface area (Å²) in [7, 11) is 0. The average Bonchev–Trinajstić information content (AvgIpc) is 2.96. The largest absolute Gasteiger partial charge is 0.321 e. The van der Waals surface area contributed by atoms with E-state index in [1.54, 1.807) is 23.0 Å². The zero-order valence-corrected chi connectivity index (χ0v) is 13.5. The third-order valence-corrected chi connectivity index (χ3v) is 3.92. The smallest absolute Gasteiger partial charge is 0.255 e. The van der Waals surface area contributed by atoms with E-state index < -0.39 is 0 Å². The van der Waals surface area contributed by atoms with Gasteiger partial charge in [0.25, 0.3) is 5.91 Å². The summed E-state index contributed by atoms with van der Waals surface area (Å²) in [4.78, 5) is 12.3. The lowest BCUT2D eigenvalue weighted by atomic mass is 10.2. The second-order valence-corrected chi connectivity index (χ2v) is 5.80. The molecule has 0 aliphatic carbocycles. The van der Waals surface area contributed by atoms with Gasteiger partial charge >= 0.3 is 0 Å². The number of hydrogen-bond acceptors (Lipinski definition) is 2. The summed E-state index contributed by atoms with van der Waals surface area (Å²) in [5.74, 6) is -0.143. The molecule has 0 aliphatic rings. The number of hydrogen-bond donors (Lipinski definition) is 1. The summed E-state index contributed by atoms with van der Waals surface area (Å²) in [5.41, 5.74) is 3.36. The topological polar surface area (TPSA) is 46.9 Å². The molecule has 1 heterocycles. The van der Waals surface area contributed by atoms with Crippen molar-refractivity contribution in [2.24, 2.45) is 0 Å². The van der Waals surface area contributed by atoms with Crippen LogP contribution in [0.2, 0.25) is 0 Å². The molecule has 0 spiro atoms. The van der Waals surface area contributed by atoms with Gasteiger partial charge in [0, 0.05) is 16.2 Å². The van der Waals surface area contributed by atoms with Crippen LogP contribution in [0.3, 0.4) is 0 Å². The monoisotopic (exact) mass is 355 g/mol. The van der Waals surface area contributed by atoms with Crippen molar-refractivity contribution in [3.05, 3.63) is 76.5 Å². The molecule has 1 amide bonds. The fourth-order valence-corrected chi connectivity index (χ4v) is 2.46. The first-order valence-corrected chi connectivity index (χ1v) is 7.60. The van der Waals surface area contributed by atoms with Crippen LogP contribution in [0.5, 0.6) is 0 Å². The number of para-hydroxylation sites is 1. The third-order valence-electron chi connectivity index (χ3n) is 3.23. The van der Waals surface area contributed by atoms with E-state index in [2.05, 4.69) is 26.3 Å². The second kappa shape index (κ2) is 6.15. The van der Waals surface area contributed by atoms with E-state index in [-0.39, 0.29) is 5.91 Å². The van der Waals surface area contributed by atoms with Gasteiger partial charge in [-0.2, -0.15) is 5.10 Å². The van der Waals surface area contributed by atoms with E-state index in [4.69, 9.17) is 0 Å². The molecule has 22 heavy (non-hydrogen) atoms. The number of carbonyl (C=O) groups excluding carboxylic acids is 1. The maximum absolute atomic E-state index is 12.3. The molecule has 4 nitrogen and oxygen atoms in total. The van der Waals surface area contributed by atoms with Crippen molar-refractivity contribution in [2.75, 3.05) is 5.32 Å². The molecule has 1 aromatic heterocycles. The van der Waals surface area contributed by atoms with Gasteiger partial charge in [-0.05, 0) is 64.8 Å². The molecule has 2 aromatic carbocycles. The van der Waals surface area contributed by atoms with Crippen molar-refractivity contribution < 1.29 is 4.79 Å². The van der Waals surface area contributed by atoms with Crippen LogP contribution in [0.4, 0.5) is 5.69 Å². The van der Waals surface area contributed by atoms with Crippen molar-refractivity contribution in [3.63, 3.8) is 0 Å². The van der Waals surface area contributed by atoms with Gasteiger partial charge < -0.3 is 5.32 Å². The number of nitrogens with one attached hydrogen (secondary N) is 1. The number of halogens is 1. The number of anilines is 1. The van der Waals surface area contributed by atoms with Crippen molar-refractivity contribution in [3.8, 4) is 5.69 Å². The molecule has 3 aromatic rings. The van der Waals surface area contributed by atoms with Crippen LogP contribution in [0.25, 0.3) is 5.69 Å². The SMILES string of the molecule is Cc1cnn(-c2ccc(C(=O)Nc3ccccc3Br)cc2)c1. The highest BCUT2D eigenvalue weighted by Gasteiger charge is 2.08. The van der Waals surface area contributed by atoms with Crippen molar-refractivity contribution in [1.29, 1.82) is 0 Å². The van der Waals surface area contributed by atoms with Gasteiger partial charge in [-0.25, -0.2) is 4.68 Å². The van der Waals surface area contributed by atoms with Crippen LogP contribution in [-0.2, 0) is 0 Å². The van der Waals surface area contributed by atoms with Crippen LogP contribution in [0.15, 0.2) is 65.4 Å². The van der Waals surface area contributed by atoms with E-state index in [9.17, 15) is 4.79 Å². The van der Waals surface area contributed by atoms with Gasteiger partial charge in [-0.3, -0.25) is 4.79 Å². The van der Waals surface area contributed by atoms with E-state index in [0.29, 0.717) is 5.56 Å². The Morgan fingerprint density at radius 1 is 1.14 bits per heavy atom. The van der Waals surface area contributed by atoms with E-state index in [0.717, 1.165) is 21.4 Å². The predicted octanol–water partition coefficient (Wildman–Crippen LogP) is 4.20. The highest BCUT2D eigenvalue weighted by atomic mass is 79.9. The minimum atomic E-state index is -0.143. The van der Waals surface area contributed by atoms with Crippen LogP contribution < -0.4 is 5.32 Å². The lowest BCUT2D eigenvalue weighted by Gasteiger charge is -2.08. The number of rotatable bonds is 3. The van der Waals surface area contributed by atoms with Crippen molar-refractivity contribution in [1.82, 2.24) is 9.78 Å². The van der Waals surface area contributed by atoms with Gasteiger partial charge in [0.15, 0.2) is 0 Å². The molecule has 3 rings (SSSR count). The fraction of sp³-hybridized carbons (Fsp3) is 0.0588. The number of amides is 1. The van der Waals surface area contributed by atoms with Crippen LogP contribution >= 0.6 is 15.9 Å². The second-order valence-electron chi connectivity index (χ2n) is 4.94. The zero-order chi connectivity index (χ0) is 15.5. The molecule has 0 unspecified atom stereocenters. The van der Waals surface area contributed by atoms with Crippen molar-refractivity contribution in [2.45, 2.75) is 6.92 Å². The molecule has 5 heteroatoms. The van der Waals surface area contributed by atoms with Gasteiger partial charge in [0.05, 0.1) is 17.6 Å². The van der Waals surface area contributed by atoms with Gasteiger partial charge in [-0.15, -0.1) is 0 Å². The van der Waals surface area contributed by atoms with Crippen LogP contribution in [0.1, 0.15) is 15.9 Å². The molecule has 0 bridgehead atoms. The van der Waals surface area contributed by atoms with Gasteiger partial charge in [-0.1, -0.05) is 12.1 Å². The maximum atomic E-state index is 12.3. The molecule has 0 fully saturated rings. The Hall–Kier alpha value is -2.40. The van der Waals surface area contributed by atoms with Gasteiger partial charge in [0.2, 0.25) is 0 Å². The Bertz CT molecular complexity index is 809. The quantitative estimate of drug-likeness (QED) is 0.765. The molecule has 0 atom stereocenters. The van der Waals surface area contributed by atoms with Gasteiger partial charge in [0.1, 0.15) is 0 Å². The molecule has 0 saturated carbocycles. The summed E-state index contributed by atoms with van der Waals surface area (Å²) in [6.45, 7) is 1.99. The van der Waals surface area contributed by atoms with E-state index in [1.807, 2.05) is 49.5 Å². The van der Waals surface area contributed by atoms with Crippen molar-refractivity contribution >= 4 is 27.5 Å². The summed E-state index contributed by atoms with van der Waals surface area (Å²) in [5, 5.41) is 7.13. The first-order chi connectivity index (χ1) is 10.6. The van der Waals surface area contributed by atoms with Crippen LogP contribution in [-0.4, -0.2) is 15.7 Å². The maximum Gasteiger partial charge on any atom is 0.255 e. The Morgan fingerprint density at radius 3 is 2.50 bits per heavy atom. The summed E-state index contributed by atoms with van der Waals surface area (Å²) in [6.07, 6.45) is 3.74. The standard InChI is InChI=1S/C17H14BrN3O/c1-12-10-19-21(11-12)14-8-6-13(7-9-14)17(22)20-16-5-3-2-4-15(16)18/h2-11H,1H3,(H,20,22). The summed E-state index contributed by atoms with van der Waals surface area (Å²) >= 11 is 3.42. The lowest BCUT2D eigenvalue weighted by Crippen LogP contribution is -2.12. The summed E-state index contributed by atoms with van der Waals surface area (Å²) in [6, 6.07) is 14.9. The fourth-order valence-electron chi connectivity index (χ4n) is 2.08. The van der Waals surface area contributed by atoms with E-state index in [1.165, 1.54) is 0 Å². The molecular formula is C17H14BrN3O. The number of benzene rings is 2. The highest BCUT2D eigenvalue weighted by molar-refractivity contribution is 9.10. The predicted molar refractivity (Wildman–Crippen MR) is 90.4 cm³/mol. The highest BCUT2D eigenvalue weighted by Crippen LogP contribution is 2.22. The average molecular weight is 356 g/mol. The molecule has 0 radical (unpaired) electrons.